The van der Waals surface area contributed by atoms with Gasteiger partial charge in [0.1, 0.15) is 5.82 Å². The first kappa shape index (κ1) is 17.7. The maximum atomic E-state index is 12.0. The lowest BCUT2D eigenvalue weighted by Gasteiger charge is -2.07. The van der Waals surface area contributed by atoms with E-state index in [9.17, 15) is 14.4 Å². The van der Waals surface area contributed by atoms with E-state index in [4.69, 9.17) is 0 Å². The van der Waals surface area contributed by atoms with Crippen molar-refractivity contribution in [3.8, 4) is 0 Å². The van der Waals surface area contributed by atoms with E-state index in [0.717, 1.165) is 6.42 Å². The number of H-pyrrole nitrogens is 1. The van der Waals surface area contributed by atoms with E-state index in [-0.39, 0.29) is 30.5 Å². The summed E-state index contributed by atoms with van der Waals surface area (Å²) in [6.45, 7) is 2.35. The van der Waals surface area contributed by atoms with Gasteiger partial charge in [-0.15, -0.1) is 0 Å². The molecule has 26 heavy (non-hydrogen) atoms. The van der Waals surface area contributed by atoms with Crippen LogP contribution in [0.5, 0.6) is 0 Å². The van der Waals surface area contributed by atoms with Crippen LogP contribution in [0.15, 0.2) is 29.3 Å². The molecule has 2 aromatic heterocycles. The molecule has 2 atom stereocenters. The lowest BCUT2D eigenvalue weighted by molar-refractivity contribution is -0.121. The van der Waals surface area contributed by atoms with Crippen LogP contribution < -0.4 is 16.2 Å². The van der Waals surface area contributed by atoms with Crippen molar-refractivity contribution in [1.29, 1.82) is 0 Å². The first-order valence-corrected chi connectivity index (χ1v) is 8.42. The normalized spacial score (nSPS) is 18.2. The van der Waals surface area contributed by atoms with E-state index >= 15 is 0 Å². The summed E-state index contributed by atoms with van der Waals surface area (Å²) in [6.07, 6.45) is 4.36. The standard InChI is InChI=1S/C17H20N6O3/c1-10-4-12(10)5-15(24)18-9-14-22-13(6-16(25)23-14)8-19-17(26)11-2-3-20-21-7-11/h2-3,6-7,10,12H,4-5,8-9H2,1H3,(H,18,24)(H,19,26)(H,22,23,25). The summed E-state index contributed by atoms with van der Waals surface area (Å²) in [5.41, 5.74) is 0.436. The zero-order valence-corrected chi connectivity index (χ0v) is 14.4. The van der Waals surface area contributed by atoms with Crippen LogP contribution in [0.4, 0.5) is 0 Å². The minimum Gasteiger partial charge on any atom is -0.349 e. The van der Waals surface area contributed by atoms with Gasteiger partial charge in [-0.1, -0.05) is 6.92 Å². The summed E-state index contributed by atoms with van der Waals surface area (Å²) in [7, 11) is 0. The SMILES string of the molecule is CC1CC1CC(=O)NCc1nc(CNC(=O)c2ccnnc2)cc(=O)[nH]1. The Balaban J connectivity index is 1.54. The molecule has 2 aromatic rings. The molecule has 0 aliphatic heterocycles. The highest BCUT2D eigenvalue weighted by Gasteiger charge is 2.34. The Morgan fingerprint density at radius 1 is 1.27 bits per heavy atom. The van der Waals surface area contributed by atoms with Crippen molar-refractivity contribution >= 4 is 11.8 Å². The Morgan fingerprint density at radius 3 is 2.77 bits per heavy atom. The second-order valence-corrected chi connectivity index (χ2v) is 6.45. The third kappa shape index (κ3) is 4.95. The summed E-state index contributed by atoms with van der Waals surface area (Å²) < 4.78 is 0. The van der Waals surface area contributed by atoms with Gasteiger partial charge in [-0.05, 0) is 24.3 Å². The van der Waals surface area contributed by atoms with Gasteiger partial charge in [-0.3, -0.25) is 14.4 Å². The third-order valence-corrected chi connectivity index (χ3v) is 4.30. The molecular formula is C17H20N6O3. The monoisotopic (exact) mass is 356 g/mol. The van der Waals surface area contributed by atoms with Gasteiger partial charge < -0.3 is 15.6 Å². The summed E-state index contributed by atoms with van der Waals surface area (Å²) >= 11 is 0. The van der Waals surface area contributed by atoms with Crippen LogP contribution in [0.25, 0.3) is 0 Å². The number of amides is 2. The first-order chi connectivity index (χ1) is 12.5. The van der Waals surface area contributed by atoms with Gasteiger partial charge >= 0.3 is 0 Å². The molecule has 3 rings (SSSR count). The third-order valence-electron chi connectivity index (χ3n) is 4.30. The number of carbonyl (C=O) groups is 2. The quantitative estimate of drug-likeness (QED) is 0.647. The average molecular weight is 356 g/mol. The Morgan fingerprint density at radius 2 is 2.08 bits per heavy atom. The second kappa shape index (κ2) is 7.85. The highest BCUT2D eigenvalue weighted by molar-refractivity contribution is 5.93. The number of hydrogen-bond donors (Lipinski definition) is 3. The van der Waals surface area contributed by atoms with Crippen LogP contribution in [0, 0.1) is 11.8 Å². The number of hydrogen-bond acceptors (Lipinski definition) is 6. The smallest absolute Gasteiger partial charge is 0.253 e. The molecule has 2 unspecified atom stereocenters. The van der Waals surface area contributed by atoms with E-state index in [0.29, 0.717) is 35.3 Å². The summed E-state index contributed by atoms with van der Waals surface area (Å²) in [5, 5.41) is 12.7. The highest BCUT2D eigenvalue weighted by atomic mass is 16.2. The van der Waals surface area contributed by atoms with Crippen LogP contribution in [-0.4, -0.2) is 32.0 Å². The molecule has 1 aliphatic rings. The predicted octanol–water partition coefficient (Wildman–Crippen LogP) is 0.152. The number of aromatic amines is 1. The average Bonchev–Trinajstić information content (AvgIpc) is 3.32. The molecule has 0 aromatic carbocycles. The molecule has 2 amide bonds. The molecule has 1 aliphatic carbocycles. The number of carbonyl (C=O) groups excluding carboxylic acids is 2. The Labute approximate surface area is 149 Å². The number of rotatable bonds is 7. The minimum atomic E-state index is -0.338. The van der Waals surface area contributed by atoms with E-state index in [1.165, 1.54) is 24.5 Å². The van der Waals surface area contributed by atoms with E-state index < -0.39 is 0 Å². The molecule has 1 fully saturated rings. The van der Waals surface area contributed by atoms with Crippen LogP contribution in [0.3, 0.4) is 0 Å². The lowest BCUT2D eigenvalue weighted by Crippen LogP contribution is -2.28. The predicted molar refractivity (Wildman–Crippen MR) is 91.8 cm³/mol. The topological polar surface area (TPSA) is 130 Å². The first-order valence-electron chi connectivity index (χ1n) is 8.42. The molecule has 9 nitrogen and oxygen atoms in total. The van der Waals surface area contributed by atoms with Gasteiger partial charge in [-0.2, -0.15) is 10.2 Å². The molecule has 3 N–H and O–H groups in total. The Kier molecular flexibility index (Phi) is 5.35. The zero-order chi connectivity index (χ0) is 18.5. The fourth-order valence-corrected chi connectivity index (χ4v) is 2.61. The van der Waals surface area contributed by atoms with Crippen LogP contribution in [-0.2, 0) is 17.9 Å². The molecule has 136 valence electrons. The Bertz CT molecular complexity index is 851. The van der Waals surface area contributed by atoms with Gasteiger partial charge in [0.25, 0.3) is 11.5 Å². The number of nitrogens with zero attached hydrogens (tertiary/aromatic N) is 3. The molecule has 0 spiro atoms. The van der Waals surface area contributed by atoms with Crippen LogP contribution in [0.2, 0.25) is 0 Å². The van der Waals surface area contributed by atoms with E-state index in [2.05, 4.69) is 37.7 Å². The molecule has 2 heterocycles. The van der Waals surface area contributed by atoms with Crippen molar-refractivity contribution < 1.29 is 9.59 Å². The van der Waals surface area contributed by atoms with Crippen molar-refractivity contribution in [2.45, 2.75) is 32.9 Å². The van der Waals surface area contributed by atoms with Crippen molar-refractivity contribution in [3.63, 3.8) is 0 Å². The lowest BCUT2D eigenvalue weighted by atomic mass is 10.2. The molecule has 1 saturated carbocycles. The number of nitrogens with one attached hydrogen (secondary N) is 3. The van der Waals surface area contributed by atoms with Gasteiger partial charge in [-0.25, -0.2) is 4.98 Å². The van der Waals surface area contributed by atoms with Crippen molar-refractivity contribution in [2.75, 3.05) is 0 Å². The van der Waals surface area contributed by atoms with Crippen LogP contribution >= 0.6 is 0 Å². The van der Waals surface area contributed by atoms with Gasteiger partial charge in [0.05, 0.1) is 36.7 Å². The second-order valence-electron chi connectivity index (χ2n) is 6.45. The maximum absolute atomic E-state index is 12.0. The largest absolute Gasteiger partial charge is 0.349 e. The van der Waals surface area contributed by atoms with Crippen molar-refractivity contribution in [2.24, 2.45) is 11.8 Å². The van der Waals surface area contributed by atoms with E-state index in [1.807, 2.05) is 0 Å². The molecule has 9 heteroatoms. The fourth-order valence-electron chi connectivity index (χ4n) is 2.61. The van der Waals surface area contributed by atoms with Crippen molar-refractivity contribution in [1.82, 2.24) is 30.8 Å². The van der Waals surface area contributed by atoms with Crippen LogP contribution in [0.1, 0.15) is 41.6 Å². The zero-order valence-electron chi connectivity index (χ0n) is 14.4. The highest BCUT2D eigenvalue weighted by Crippen LogP contribution is 2.40. The summed E-state index contributed by atoms with van der Waals surface area (Å²) in [5.74, 6) is 1.04. The molecular weight excluding hydrogens is 336 g/mol. The van der Waals surface area contributed by atoms with E-state index in [1.54, 1.807) is 0 Å². The fraction of sp³-hybridized carbons (Fsp3) is 0.412. The maximum Gasteiger partial charge on any atom is 0.253 e. The Hall–Kier alpha value is -3.10. The molecule has 0 radical (unpaired) electrons. The molecule has 0 bridgehead atoms. The minimum absolute atomic E-state index is 0.0501. The van der Waals surface area contributed by atoms with Gasteiger partial charge in [0, 0.05) is 12.5 Å². The summed E-state index contributed by atoms with van der Waals surface area (Å²) in [4.78, 5) is 42.5. The van der Waals surface area contributed by atoms with Gasteiger partial charge in [0.15, 0.2) is 0 Å². The van der Waals surface area contributed by atoms with Crippen molar-refractivity contribution in [3.05, 3.63) is 52.0 Å². The van der Waals surface area contributed by atoms with Gasteiger partial charge in [0.2, 0.25) is 5.91 Å². The number of aromatic nitrogens is 4. The molecule has 0 saturated heterocycles. The summed E-state index contributed by atoms with van der Waals surface area (Å²) in [6, 6.07) is 2.84.